The molecular weight excluding hydrogens is 1160 g/mol. The Hall–Kier alpha value is -3.07. The third-order valence-corrected chi connectivity index (χ3v) is 18.2. The third-order valence-electron chi connectivity index (χ3n) is 17.2. The Kier molecular flexibility index (Phi) is 68.4. The van der Waals surface area contributed by atoms with E-state index in [2.05, 4.69) is 111 Å². The zero-order valence-corrected chi connectivity index (χ0v) is 62.1. The van der Waals surface area contributed by atoms with Crippen LogP contribution in [0, 0.1) is 0 Å². The van der Waals surface area contributed by atoms with Crippen molar-refractivity contribution in [3.05, 3.63) is 97.2 Å². The Labute approximate surface area is 570 Å². The van der Waals surface area contributed by atoms with Crippen LogP contribution in [0.1, 0.15) is 361 Å². The summed E-state index contributed by atoms with van der Waals surface area (Å²) in [5.74, 6) is -0.534. The predicted molar refractivity (Wildman–Crippen MR) is 399 cm³/mol. The number of nitrogens with zero attached hydrogens (tertiary/aromatic N) is 1. The highest BCUT2D eigenvalue weighted by atomic mass is 31.2. The molecule has 10 heteroatoms. The van der Waals surface area contributed by atoms with E-state index in [0.717, 1.165) is 109 Å². The maximum atomic E-state index is 13.6. The molecule has 0 aliphatic carbocycles. The molecule has 1 N–H and O–H groups in total. The maximum absolute atomic E-state index is 13.6. The lowest BCUT2D eigenvalue weighted by molar-refractivity contribution is -0.870. The number of carbonyl (C=O) groups excluding carboxylic acids is 2. The van der Waals surface area contributed by atoms with Gasteiger partial charge in [0, 0.05) is 12.8 Å². The van der Waals surface area contributed by atoms with Gasteiger partial charge in [-0.15, -0.1) is 0 Å². The Bertz CT molecular complexity index is 1900. The van der Waals surface area contributed by atoms with Gasteiger partial charge in [-0.1, -0.05) is 337 Å². The van der Waals surface area contributed by atoms with E-state index in [4.69, 9.17) is 13.8 Å². The van der Waals surface area contributed by atoms with Crippen molar-refractivity contribution in [2.45, 2.75) is 373 Å². The second-order valence-corrected chi connectivity index (χ2v) is 28.9. The quantitative estimate of drug-likeness (QED) is 0.0212. The van der Waals surface area contributed by atoms with Crippen molar-refractivity contribution in [1.82, 2.24) is 5.32 Å². The molecule has 0 heterocycles. The topological polar surface area (TPSA) is 114 Å². The summed E-state index contributed by atoms with van der Waals surface area (Å²) in [6, 6.07) is -0.895. The van der Waals surface area contributed by atoms with E-state index in [1.54, 1.807) is 0 Å². The Balaban J connectivity index is 4.94. The molecule has 0 rings (SSSR count). The van der Waals surface area contributed by atoms with E-state index in [1.165, 1.54) is 218 Å². The Morgan fingerprint density at radius 1 is 0.391 bits per heavy atom. The van der Waals surface area contributed by atoms with Gasteiger partial charge in [0.15, 0.2) is 0 Å². The van der Waals surface area contributed by atoms with Crippen molar-refractivity contribution >= 4 is 19.7 Å². The molecule has 0 aromatic rings. The standard InChI is InChI=1S/C82H149N2O7P/c1-7-10-13-16-19-22-25-28-30-32-34-36-38-40-42-44-46-48-50-52-54-56-59-62-65-68-71-74-81(85)83-79(78-90-92(87,88)89-77-76-84(4,5)6)80(73-70-67-64-61-58-27-24-21-18-15-12-9-3)91-82(86)75-72-69-66-63-60-57-55-53-51-49-47-45-43-41-39-37-35-33-31-29-26-23-20-17-14-11-8-2/h10,13,19-20,22-23,28-31,34,36,40,42,70,73,79-80H,7-9,11-12,14-18,21,24-27,32-33,35,37-39,41,43-69,71-72,74-78H2,1-6H3,(H-,83,85,87,88)/b13-10-,22-19-,23-20-,30-28-,31-29-,36-34-,42-40-,73-70+. The lowest BCUT2D eigenvalue weighted by atomic mass is 10.0. The van der Waals surface area contributed by atoms with Crippen molar-refractivity contribution < 1.29 is 37.3 Å². The molecule has 0 aromatic heterocycles. The fourth-order valence-corrected chi connectivity index (χ4v) is 12.0. The molecule has 3 unspecified atom stereocenters. The minimum atomic E-state index is -4.71. The largest absolute Gasteiger partial charge is 0.756 e. The summed E-state index contributed by atoms with van der Waals surface area (Å²) in [7, 11) is 1.19. The van der Waals surface area contributed by atoms with Gasteiger partial charge < -0.3 is 28.5 Å². The highest BCUT2D eigenvalue weighted by molar-refractivity contribution is 7.45. The summed E-state index contributed by atoms with van der Waals surface area (Å²) < 4.78 is 30.5. The van der Waals surface area contributed by atoms with E-state index < -0.39 is 26.6 Å². The van der Waals surface area contributed by atoms with Gasteiger partial charge in [0.1, 0.15) is 19.3 Å². The number of hydrogen-bond donors (Lipinski definition) is 1. The van der Waals surface area contributed by atoms with Crippen LogP contribution in [0.15, 0.2) is 97.2 Å². The molecule has 0 aliphatic heterocycles. The van der Waals surface area contributed by atoms with E-state index in [0.29, 0.717) is 17.4 Å². The molecule has 0 saturated carbocycles. The van der Waals surface area contributed by atoms with Gasteiger partial charge in [0.05, 0.1) is 33.8 Å². The van der Waals surface area contributed by atoms with Crippen molar-refractivity contribution in [3.63, 3.8) is 0 Å². The molecule has 0 bridgehead atoms. The highest BCUT2D eigenvalue weighted by Crippen LogP contribution is 2.38. The number of phosphoric acid groups is 1. The number of carbonyl (C=O) groups is 2. The van der Waals surface area contributed by atoms with Gasteiger partial charge in [-0.05, 0) is 109 Å². The molecule has 0 radical (unpaired) electrons. The van der Waals surface area contributed by atoms with E-state index in [9.17, 15) is 19.0 Å². The van der Waals surface area contributed by atoms with E-state index >= 15 is 0 Å². The second kappa shape index (κ2) is 70.7. The summed E-state index contributed by atoms with van der Waals surface area (Å²) in [5.41, 5.74) is 0. The molecule has 92 heavy (non-hydrogen) atoms. The van der Waals surface area contributed by atoms with Gasteiger partial charge in [-0.2, -0.15) is 0 Å². The van der Waals surface area contributed by atoms with Crippen LogP contribution in [0.2, 0.25) is 0 Å². The molecule has 9 nitrogen and oxygen atoms in total. The molecular formula is C82H149N2O7P. The average molecular weight is 1310 g/mol. The van der Waals surface area contributed by atoms with Crippen LogP contribution in [0.25, 0.3) is 0 Å². The van der Waals surface area contributed by atoms with Crippen LogP contribution in [0.4, 0.5) is 0 Å². The summed E-state index contributed by atoms with van der Waals surface area (Å²) in [6.07, 6.45) is 96.9. The van der Waals surface area contributed by atoms with Crippen LogP contribution < -0.4 is 10.2 Å². The normalized spacial score (nSPS) is 13.9. The summed E-state index contributed by atoms with van der Waals surface area (Å²) in [4.78, 5) is 40.3. The highest BCUT2D eigenvalue weighted by Gasteiger charge is 2.27. The molecule has 3 atom stereocenters. The lowest BCUT2D eigenvalue weighted by Crippen LogP contribution is -2.47. The number of nitrogens with one attached hydrogen (secondary N) is 1. The first-order valence-corrected chi connectivity index (χ1v) is 40.5. The summed E-state index contributed by atoms with van der Waals surface area (Å²) >= 11 is 0. The molecule has 1 amide bonds. The van der Waals surface area contributed by atoms with E-state index in [1.807, 2.05) is 33.3 Å². The smallest absolute Gasteiger partial charge is 0.306 e. The fourth-order valence-electron chi connectivity index (χ4n) is 11.3. The molecule has 0 spiro atoms. The van der Waals surface area contributed by atoms with Gasteiger partial charge in [0.2, 0.25) is 5.91 Å². The Morgan fingerprint density at radius 2 is 0.696 bits per heavy atom. The van der Waals surface area contributed by atoms with Crippen molar-refractivity contribution in [3.8, 4) is 0 Å². The van der Waals surface area contributed by atoms with Crippen LogP contribution in [-0.4, -0.2) is 69.4 Å². The number of ether oxygens (including phenoxy) is 1. The number of rotatable bonds is 71. The minimum Gasteiger partial charge on any atom is -0.756 e. The first-order valence-electron chi connectivity index (χ1n) is 39.0. The number of quaternary nitrogens is 1. The first kappa shape index (κ1) is 88.9. The van der Waals surface area contributed by atoms with Crippen molar-refractivity contribution in [1.29, 1.82) is 0 Å². The number of likely N-dealkylation sites (N-methyl/N-ethyl adjacent to an activating group) is 1. The van der Waals surface area contributed by atoms with Crippen LogP contribution in [-0.2, 0) is 27.9 Å². The summed E-state index contributed by atoms with van der Waals surface area (Å²) in [5, 5.41) is 3.05. The number of hydrogen-bond acceptors (Lipinski definition) is 7. The zero-order chi connectivity index (χ0) is 67.0. The average Bonchev–Trinajstić information content (AvgIpc) is 3.69. The van der Waals surface area contributed by atoms with E-state index in [-0.39, 0.29) is 24.9 Å². The molecule has 534 valence electrons. The number of esters is 1. The molecule has 0 aromatic carbocycles. The van der Waals surface area contributed by atoms with Crippen LogP contribution in [0.5, 0.6) is 0 Å². The van der Waals surface area contributed by atoms with Gasteiger partial charge in [-0.25, -0.2) is 0 Å². The van der Waals surface area contributed by atoms with Gasteiger partial charge in [0.25, 0.3) is 7.82 Å². The fraction of sp³-hybridized carbons (Fsp3) is 0.780. The van der Waals surface area contributed by atoms with Gasteiger partial charge in [-0.3, -0.25) is 14.2 Å². The minimum absolute atomic E-state index is 0.0248. The van der Waals surface area contributed by atoms with Gasteiger partial charge >= 0.3 is 5.97 Å². The lowest BCUT2D eigenvalue weighted by Gasteiger charge is -2.30. The molecule has 0 fully saturated rings. The van der Waals surface area contributed by atoms with Crippen LogP contribution >= 0.6 is 7.82 Å². The van der Waals surface area contributed by atoms with Crippen molar-refractivity contribution in [2.75, 3.05) is 40.9 Å². The SMILES string of the molecule is CC/C=C\C/C=C\C/C=C\C/C=C\C/C=C\CCCCCCCCCCCCCC(=O)NC(COP(=O)([O-])OCC[N+](C)(C)C)C(/C=C/CCCCCCCCCCCC)OC(=O)CCCCCCCCCCCCCCCCCCC/C=C\C/C=C\CCCCC. The third kappa shape index (κ3) is 71.2. The number of phosphoric ester groups is 1. The number of allylic oxidation sites excluding steroid dienone is 15. The monoisotopic (exact) mass is 1310 g/mol. The van der Waals surface area contributed by atoms with Crippen LogP contribution in [0.3, 0.4) is 0 Å². The van der Waals surface area contributed by atoms with Crippen molar-refractivity contribution in [2.24, 2.45) is 0 Å². The second-order valence-electron chi connectivity index (χ2n) is 27.5. The Morgan fingerprint density at radius 3 is 1.07 bits per heavy atom. The maximum Gasteiger partial charge on any atom is 0.306 e. The summed E-state index contributed by atoms with van der Waals surface area (Å²) in [6.45, 7) is 6.74. The number of unbranched alkanes of at least 4 members (excludes halogenated alkanes) is 41. The first-order chi connectivity index (χ1) is 44.9. The molecule has 0 aliphatic rings. The zero-order valence-electron chi connectivity index (χ0n) is 61.2. The number of amides is 1. The molecule has 0 saturated heterocycles. The predicted octanol–water partition coefficient (Wildman–Crippen LogP) is 24.8.